The van der Waals surface area contributed by atoms with Gasteiger partial charge in [-0.2, -0.15) is 0 Å². The number of ether oxygens (including phenoxy) is 1. The van der Waals surface area contributed by atoms with Gasteiger partial charge in [0.1, 0.15) is 10.7 Å². The van der Waals surface area contributed by atoms with Crippen molar-refractivity contribution in [3.8, 4) is 0 Å². The molecule has 0 saturated carbocycles. The first-order valence-electron chi connectivity index (χ1n) is 7.70. The van der Waals surface area contributed by atoms with Crippen LogP contribution in [0.15, 0.2) is 48.5 Å². The van der Waals surface area contributed by atoms with Gasteiger partial charge in [0.05, 0.1) is 0 Å². The number of ketones is 1. The van der Waals surface area contributed by atoms with Crippen molar-refractivity contribution < 1.29 is 23.5 Å². The summed E-state index contributed by atoms with van der Waals surface area (Å²) in [6.45, 7) is 0.966. The number of nitrogens with one attached hydrogen (secondary N) is 1. The van der Waals surface area contributed by atoms with Gasteiger partial charge in [-0.3, -0.25) is 9.59 Å². The van der Waals surface area contributed by atoms with Crippen LogP contribution in [0.3, 0.4) is 0 Å². The van der Waals surface area contributed by atoms with E-state index in [2.05, 4.69) is 5.32 Å². The van der Waals surface area contributed by atoms with Crippen molar-refractivity contribution >= 4 is 44.8 Å². The average Bonchev–Trinajstić information content (AvgIpc) is 3.05. The molecule has 132 valence electrons. The van der Waals surface area contributed by atoms with Gasteiger partial charge in [0.25, 0.3) is 0 Å². The molecule has 0 unspecified atom stereocenters. The molecule has 0 radical (unpaired) electrons. The molecule has 3 rings (SSSR count). The minimum Gasteiger partial charge on any atom is -0.453 e. The Morgan fingerprint density at radius 1 is 1.12 bits per heavy atom. The molecular formula is C19H14FNO4S. The third kappa shape index (κ3) is 3.94. The zero-order chi connectivity index (χ0) is 18.7. The van der Waals surface area contributed by atoms with Gasteiger partial charge in [-0.05, 0) is 42.5 Å². The number of anilines is 1. The van der Waals surface area contributed by atoms with Crippen LogP contribution in [0.1, 0.15) is 27.0 Å². The Hall–Kier alpha value is -3.06. The molecule has 1 heterocycles. The molecule has 0 fully saturated rings. The van der Waals surface area contributed by atoms with Gasteiger partial charge in [0.2, 0.25) is 5.91 Å². The Labute approximate surface area is 152 Å². The highest BCUT2D eigenvalue weighted by atomic mass is 32.1. The van der Waals surface area contributed by atoms with Crippen molar-refractivity contribution in [2.75, 3.05) is 11.9 Å². The molecule has 0 aliphatic carbocycles. The lowest BCUT2D eigenvalue weighted by Crippen LogP contribution is -2.13. The van der Waals surface area contributed by atoms with E-state index in [1.54, 1.807) is 24.3 Å². The lowest BCUT2D eigenvalue weighted by molar-refractivity contribution is -0.114. The maximum absolute atomic E-state index is 13.7. The Kier molecular flexibility index (Phi) is 5.09. The van der Waals surface area contributed by atoms with Gasteiger partial charge in [-0.25, -0.2) is 9.18 Å². The standard InChI is InChI=1S/C19H14FNO4S/c1-11(22)21-13-7-5-12(6-8-13)16(23)10-25-19(24)18-9-14-15(20)3-2-4-17(14)26-18/h2-9H,10H2,1H3,(H,21,22). The summed E-state index contributed by atoms with van der Waals surface area (Å²) >= 11 is 1.11. The molecule has 5 nitrogen and oxygen atoms in total. The second-order valence-corrected chi connectivity index (χ2v) is 6.60. The minimum atomic E-state index is -0.672. The number of halogens is 1. The molecule has 2 aromatic carbocycles. The molecular weight excluding hydrogens is 357 g/mol. The molecule has 0 saturated heterocycles. The van der Waals surface area contributed by atoms with E-state index >= 15 is 0 Å². The number of esters is 1. The zero-order valence-corrected chi connectivity index (χ0v) is 14.6. The molecule has 1 N–H and O–H groups in total. The van der Waals surface area contributed by atoms with Crippen LogP contribution in [-0.2, 0) is 9.53 Å². The molecule has 26 heavy (non-hydrogen) atoms. The van der Waals surface area contributed by atoms with E-state index in [0.717, 1.165) is 11.3 Å². The van der Waals surface area contributed by atoms with Crippen LogP contribution in [0.5, 0.6) is 0 Å². The molecule has 3 aromatic rings. The first-order chi connectivity index (χ1) is 12.4. The summed E-state index contributed by atoms with van der Waals surface area (Å²) in [4.78, 5) is 35.4. The van der Waals surface area contributed by atoms with Crippen LogP contribution in [0, 0.1) is 5.82 Å². The normalized spacial score (nSPS) is 10.5. The predicted molar refractivity (Wildman–Crippen MR) is 97.1 cm³/mol. The Morgan fingerprint density at radius 3 is 2.50 bits per heavy atom. The molecule has 7 heteroatoms. The fourth-order valence-electron chi connectivity index (χ4n) is 2.35. The van der Waals surface area contributed by atoms with Crippen molar-refractivity contribution in [3.63, 3.8) is 0 Å². The van der Waals surface area contributed by atoms with Crippen molar-refractivity contribution in [1.29, 1.82) is 0 Å². The number of Topliss-reactive ketones (excluding diaryl/α,β-unsaturated/α-hetero) is 1. The molecule has 0 spiro atoms. The Bertz CT molecular complexity index is 994. The first-order valence-corrected chi connectivity index (χ1v) is 8.52. The summed E-state index contributed by atoms with van der Waals surface area (Å²) in [5.74, 6) is -1.67. The fraction of sp³-hybridized carbons (Fsp3) is 0.105. The first kappa shape index (κ1) is 17.8. The smallest absolute Gasteiger partial charge is 0.348 e. The van der Waals surface area contributed by atoms with E-state index in [1.807, 2.05) is 0 Å². The summed E-state index contributed by atoms with van der Waals surface area (Å²) in [6, 6.07) is 12.3. The molecule has 0 bridgehead atoms. The second-order valence-electron chi connectivity index (χ2n) is 5.52. The number of rotatable bonds is 5. The largest absolute Gasteiger partial charge is 0.453 e. The number of thiophene rings is 1. The number of carbonyl (C=O) groups is 3. The maximum Gasteiger partial charge on any atom is 0.348 e. The number of amides is 1. The number of carbonyl (C=O) groups excluding carboxylic acids is 3. The Morgan fingerprint density at radius 2 is 1.85 bits per heavy atom. The zero-order valence-electron chi connectivity index (χ0n) is 13.7. The van der Waals surface area contributed by atoms with Crippen LogP contribution >= 0.6 is 11.3 Å². The summed E-state index contributed by atoms with van der Waals surface area (Å²) in [5, 5.41) is 2.95. The molecule has 1 amide bonds. The van der Waals surface area contributed by atoms with Crippen molar-refractivity contribution in [1.82, 2.24) is 0 Å². The van der Waals surface area contributed by atoms with Crippen LogP contribution in [-0.4, -0.2) is 24.3 Å². The lowest BCUT2D eigenvalue weighted by atomic mass is 10.1. The van der Waals surface area contributed by atoms with Gasteiger partial charge >= 0.3 is 5.97 Å². The predicted octanol–water partition coefficient (Wildman–Crippen LogP) is 4.04. The second kappa shape index (κ2) is 7.45. The number of hydrogen-bond donors (Lipinski definition) is 1. The van der Waals surface area contributed by atoms with Crippen LogP contribution in [0.2, 0.25) is 0 Å². The van der Waals surface area contributed by atoms with E-state index < -0.39 is 18.4 Å². The third-order valence-corrected chi connectivity index (χ3v) is 4.65. The van der Waals surface area contributed by atoms with Crippen LogP contribution < -0.4 is 5.32 Å². The van der Waals surface area contributed by atoms with Gasteiger partial charge in [-0.15, -0.1) is 11.3 Å². The van der Waals surface area contributed by atoms with Crippen LogP contribution in [0.25, 0.3) is 10.1 Å². The summed E-state index contributed by atoms with van der Waals surface area (Å²) in [7, 11) is 0. The number of fused-ring (bicyclic) bond motifs is 1. The van der Waals surface area contributed by atoms with Crippen molar-refractivity contribution in [2.24, 2.45) is 0 Å². The maximum atomic E-state index is 13.7. The van der Waals surface area contributed by atoms with E-state index in [-0.39, 0.29) is 16.6 Å². The molecule has 0 atom stereocenters. The SMILES string of the molecule is CC(=O)Nc1ccc(C(=O)COC(=O)c2cc3c(F)cccc3s2)cc1. The van der Waals surface area contributed by atoms with Crippen molar-refractivity contribution in [2.45, 2.75) is 6.92 Å². The van der Waals surface area contributed by atoms with Gasteiger partial charge in [0, 0.05) is 28.3 Å². The lowest BCUT2D eigenvalue weighted by Gasteiger charge is -2.05. The molecule has 0 aliphatic rings. The fourth-order valence-corrected chi connectivity index (χ4v) is 3.32. The minimum absolute atomic E-state index is 0.210. The number of benzene rings is 2. The Balaban J connectivity index is 1.63. The highest BCUT2D eigenvalue weighted by molar-refractivity contribution is 7.20. The van der Waals surface area contributed by atoms with Gasteiger partial charge in [-0.1, -0.05) is 6.07 Å². The highest BCUT2D eigenvalue weighted by Crippen LogP contribution is 2.28. The van der Waals surface area contributed by atoms with E-state index in [4.69, 9.17) is 4.74 Å². The average molecular weight is 371 g/mol. The van der Waals surface area contributed by atoms with Gasteiger partial charge < -0.3 is 10.1 Å². The molecule has 0 aliphatic heterocycles. The number of hydrogen-bond acceptors (Lipinski definition) is 5. The van der Waals surface area contributed by atoms with Crippen molar-refractivity contribution in [3.05, 3.63) is 64.8 Å². The van der Waals surface area contributed by atoms with Gasteiger partial charge in [0.15, 0.2) is 12.4 Å². The van der Waals surface area contributed by atoms with E-state index in [9.17, 15) is 18.8 Å². The third-order valence-electron chi connectivity index (χ3n) is 3.57. The monoisotopic (exact) mass is 371 g/mol. The summed E-state index contributed by atoms with van der Waals surface area (Å²) < 4.78 is 19.4. The van der Waals surface area contributed by atoms with Crippen LogP contribution in [0.4, 0.5) is 10.1 Å². The highest BCUT2D eigenvalue weighted by Gasteiger charge is 2.16. The van der Waals surface area contributed by atoms with E-state index in [0.29, 0.717) is 21.3 Å². The summed E-state index contributed by atoms with van der Waals surface area (Å²) in [6.07, 6.45) is 0. The molecule has 1 aromatic heterocycles. The summed E-state index contributed by atoms with van der Waals surface area (Å²) in [5.41, 5.74) is 0.924. The topological polar surface area (TPSA) is 72.5 Å². The quantitative estimate of drug-likeness (QED) is 0.543. The van der Waals surface area contributed by atoms with E-state index in [1.165, 1.54) is 31.2 Å².